The number of aromatic nitrogens is 2. The van der Waals surface area contributed by atoms with Crippen LogP contribution in [0, 0.1) is 26.6 Å². The van der Waals surface area contributed by atoms with E-state index in [0.29, 0.717) is 11.3 Å². The molecule has 0 fully saturated rings. The van der Waals surface area contributed by atoms with Gasteiger partial charge in [0.1, 0.15) is 17.1 Å². The number of nitrogens with zero attached hydrogens (tertiary/aromatic N) is 2. The first-order valence-electron chi connectivity index (χ1n) is 11.4. The van der Waals surface area contributed by atoms with Gasteiger partial charge in [-0.1, -0.05) is 29.8 Å². The van der Waals surface area contributed by atoms with Crippen molar-refractivity contribution in [2.24, 2.45) is 0 Å². The number of sulfonamides is 1. The van der Waals surface area contributed by atoms with E-state index >= 15 is 0 Å². The van der Waals surface area contributed by atoms with Gasteiger partial charge in [-0.15, -0.1) is 0 Å². The smallest absolute Gasteiger partial charge is 0.281 e. The zero-order valence-electron chi connectivity index (χ0n) is 21.1. The SMILES string of the molecule is COc1c(F)cccc1-c1ccc(C(=O)NS(=O)(=O)c2cccc(N)n2)c(Oc2c(C)cc(C)cc2C)n1. The molecule has 4 rings (SSSR count). The average molecular weight is 537 g/mol. The molecule has 0 bridgehead atoms. The van der Waals surface area contributed by atoms with E-state index in [1.54, 1.807) is 6.07 Å². The first-order valence-corrected chi connectivity index (χ1v) is 12.9. The van der Waals surface area contributed by atoms with Crippen LogP contribution in [0.3, 0.4) is 0 Å². The Bertz CT molecular complexity index is 1630. The molecule has 2 aromatic carbocycles. The quantitative estimate of drug-likeness (QED) is 0.347. The Hall–Kier alpha value is -4.51. The van der Waals surface area contributed by atoms with Crippen molar-refractivity contribution in [1.29, 1.82) is 0 Å². The molecule has 2 heterocycles. The lowest BCUT2D eigenvalue weighted by Crippen LogP contribution is -2.31. The molecule has 0 atom stereocenters. The zero-order valence-corrected chi connectivity index (χ0v) is 21.9. The van der Waals surface area contributed by atoms with E-state index in [0.717, 1.165) is 16.7 Å². The Morgan fingerprint density at radius 1 is 0.947 bits per heavy atom. The zero-order chi connectivity index (χ0) is 27.6. The van der Waals surface area contributed by atoms with Crippen molar-refractivity contribution in [1.82, 2.24) is 14.7 Å². The summed E-state index contributed by atoms with van der Waals surface area (Å²) in [5.74, 6) is -1.40. The van der Waals surface area contributed by atoms with Crippen LogP contribution >= 0.6 is 0 Å². The van der Waals surface area contributed by atoms with Crippen LogP contribution in [0.15, 0.2) is 65.7 Å². The van der Waals surface area contributed by atoms with E-state index in [2.05, 4.69) is 9.97 Å². The number of nitrogens with two attached hydrogens (primary N) is 1. The van der Waals surface area contributed by atoms with Crippen molar-refractivity contribution in [3.63, 3.8) is 0 Å². The highest BCUT2D eigenvalue weighted by Gasteiger charge is 2.25. The highest BCUT2D eigenvalue weighted by Crippen LogP contribution is 2.36. The lowest BCUT2D eigenvalue weighted by molar-refractivity contribution is 0.0978. The summed E-state index contributed by atoms with van der Waals surface area (Å²) in [7, 11) is -3.04. The van der Waals surface area contributed by atoms with Gasteiger partial charge in [0.15, 0.2) is 16.6 Å². The number of amides is 1. The number of halogens is 1. The largest absolute Gasteiger partial charge is 0.493 e. The molecule has 0 saturated heterocycles. The number of nitrogen functional groups attached to an aromatic ring is 1. The molecule has 11 heteroatoms. The summed E-state index contributed by atoms with van der Waals surface area (Å²) >= 11 is 0. The lowest BCUT2D eigenvalue weighted by Gasteiger charge is -2.16. The van der Waals surface area contributed by atoms with Gasteiger partial charge in [-0.2, -0.15) is 8.42 Å². The number of carbonyl (C=O) groups excluding carboxylic acids is 1. The molecule has 2 aromatic heterocycles. The number of nitrogens with one attached hydrogen (secondary N) is 1. The number of rotatable bonds is 7. The highest BCUT2D eigenvalue weighted by molar-refractivity contribution is 7.90. The predicted molar refractivity (Wildman–Crippen MR) is 140 cm³/mol. The monoisotopic (exact) mass is 536 g/mol. The summed E-state index contributed by atoms with van der Waals surface area (Å²) < 4.78 is 53.3. The van der Waals surface area contributed by atoms with Gasteiger partial charge in [0, 0.05) is 5.56 Å². The van der Waals surface area contributed by atoms with E-state index in [1.807, 2.05) is 37.6 Å². The van der Waals surface area contributed by atoms with Crippen LogP contribution in [0.25, 0.3) is 11.3 Å². The fourth-order valence-corrected chi connectivity index (χ4v) is 4.94. The van der Waals surface area contributed by atoms with Crippen molar-refractivity contribution < 1.29 is 27.1 Å². The molecular formula is C27H25FN4O5S. The standard InChI is InChI=1S/C27H25FN4O5S/c1-15-13-16(2)24(17(3)14-15)37-27-19(26(33)32-38(34,35)23-10-6-9-22(29)31-23)11-12-21(30-27)18-7-5-8-20(28)25(18)36-4/h5-14H,1-4H3,(H2,29,31)(H,32,33). The van der Waals surface area contributed by atoms with Gasteiger partial charge in [0.2, 0.25) is 5.88 Å². The molecule has 3 N–H and O–H groups in total. The Morgan fingerprint density at radius 2 is 1.63 bits per heavy atom. The fraction of sp³-hybridized carbons (Fsp3) is 0.148. The second kappa shape index (κ2) is 10.5. The maximum absolute atomic E-state index is 14.4. The molecule has 38 heavy (non-hydrogen) atoms. The number of hydrogen-bond donors (Lipinski definition) is 2. The summed E-state index contributed by atoms with van der Waals surface area (Å²) in [6.07, 6.45) is 0. The molecule has 0 saturated carbocycles. The third kappa shape index (κ3) is 5.42. The van der Waals surface area contributed by atoms with Crippen molar-refractivity contribution in [3.05, 3.63) is 88.7 Å². The van der Waals surface area contributed by atoms with E-state index in [4.69, 9.17) is 15.2 Å². The topological polar surface area (TPSA) is 134 Å². The summed E-state index contributed by atoms with van der Waals surface area (Å²) in [6.45, 7) is 5.61. The lowest BCUT2D eigenvalue weighted by atomic mass is 10.1. The number of anilines is 1. The molecule has 0 spiro atoms. The minimum Gasteiger partial charge on any atom is -0.493 e. The van der Waals surface area contributed by atoms with Crippen molar-refractivity contribution >= 4 is 21.7 Å². The summed E-state index contributed by atoms with van der Waals surface area (Å²) in [5, 5.41) is -0.424. The van der Waals surface area contributed by atoms with Crippen molar-refractivity contribution in [2.45, 2.75) is 25.8 Å². The third-order valence-electron chi connectivity index (χ3n) is 5.60. The number of pyridine rings is 2. The number of ether oxygens (including phenoxy) is 2. The molecule has 9 nitrogen and oxygen atoms in total. The van der Waals surface area contributed by atoms with Gasteiger partial charge in [-0.05, 0) is 68.3 Å². The van der Waals surface area contributed by atoms with E-state index < -0.39 is 26.8 Å². The number of hydrogen-bond acceptors (Lipinski definition) is 8. The van der Waals surface area contributed by atoms with Gasteiger partial charge in [-0.25, -0.2) is 19.1 Å². The van der Waals surface area contributed by atoms with Crippen molar-refractivity contribution in [2.75, 3.05) is 12.8 Å². The number of carbonyl (C=O) groups is 1. The van der Waals surface area contributed by atoms with Gasteiger partial charge in [-0.3, -0.25) is 4.79 Å². The molecule has 0 aliphatic heterocycles. The molecule has 0 aliphatic carbocycles. The second-order valence-electron chi connectivity index (χ2n) is 8.54. The van der Waals surface area contributed by atoms with E-state index in [1.165, 1.54) is 49.6 Å². The molecule has 4 aromatic rings. The van der Waals surface area contributed by atoms with E-state index in [9.17, 15) is 17.6 Å². The van der Waals surface area contributed by atoms with Crippen LogP contribution in [-0.4, -0.2) is 31.4 Å². The van der Waals surface area contributed by atoms with Gasteiger partial charge in [0.25, 0.3) is 15.9 Å². The molecule has 196 valence electrons. The molecule has 0 radical (unpaired) electrons. The summed E-state index contributed by atoms with van der Waals surface area (Å²) in [4.78, 5) is 21.5. The number of benzene rings is 2. The maximum atomic E-state index is 14.4. The number of aryl methyl sites for hydroxylation is 3. The van der Waals surface area contributed by atoms with Crippen LogP contribution in [0.1, 0.15) is 27.0 Å². The maximum Gasteiger partial charge on any atom is 0.281 e. The van der Waals surface area contributed by atoms with Gasteiger partial charge in [0.05, 0.1) is 12.8 Å². The number of para-hydroxylation sites is 1. The molecule has 0 unspecified atom stereocenters. The fourth-order valence-electron chi connectivity index (χ4n) is 3.99. The minimum absolute atomic E-state index is 0.0234. The summed E-state index contributed by atoms with van der Waals surface area (Å²) in [6, 6.07) is 15.0. The molecule has 0 aliphatic rings. The Kier molecular flexibility index (Phi) is 7.31. The average Bonchev–Trinajstić information content (AvgIpc) is 2.85. The Morgan fingerprint density at radius 3 is 2.29 bits per heavy atom. The predicted octanol–water partition coefficient (Wildman–Crippen LogP) is 4.71. The van der Waals surface area contributed by atoms with Gasteiger partial charge >= 0.3 is 0 Å². The van der Waals surface area contributed by atoms with Crippen molar-refractivity contribution in [3.8, 4) is 28.6 Å². The molecule has 1 amide bonds. The van der Waals surface area contributed by atoms with E-state index in [-0.39, 0.29) is 28.7 Å². The second-order valence-corrected chi connectivity index (χ2v) is 10.2. The Labute approximate surface area is 219 Å². The number of methoxy groups -OCH3 is 1. The van der Waals surface area contributed by atoms with Crippen LogP contribution in [-0.2, 0) is 10.0 Å². The van der Waals surface area contributed by atoms with Crippen LogP contribution in [0.5, 0.6) is 17.4 Å². The highest BCUT2D eigenvalue weighted by atomic mass is 32.2. The molecular weight excluding hydrogens is 511 g/mol. The minimum atomic E-state index is -4.36. The third-order valence-corrected chi connectivity index (χ3v) is 6.83. The summed E-state index contributed by atoms with van der Waals surface area (Å²) in [5.41, 5.74) is 8.56. The normalized spacial score (nSPS) is 11.2. The Balaban J connectivity index is 1.82. The first-order chi connectivity index (χ1) is 18.0. The first kappa shape index (κ1) is 26.6. The van der Waals surface area contributed by atoms with Gasteiger partial charge < -0.3 is 15.2 Å². The van der Waals surface area contributed by atoms with Crippen LogP contribution in [0.4, 0.5) is 10.2 Å². The van der Waals surface area contributed by atoms with Crippen LogP contribution < -0.4 is 19.9 Å². The van der Waals surface area contributed by atoms with Crippen LogP contribution in [0.2, 0.25) is 0 Å².